The number of carbonyl (C=O) groups is 2. The van der Waals surface area contributed by atoms with Crippen molar-refractivity contribution in [1.82, 2.24) is 9.62 Å². The van der Waals surface area contributed by atoms with Crippen LogP contribution in [-0.2, 0) is 26.0 Å². The van der Waals surface area contributed by atoms with E-state index in [9.17, 15) is 23.1 Å². The molecule has 1 heterocycles. The van der Waals surface area contributed by atoms with E-state index in [0.717, 1.165) is 26.6 Å². The van der Waals surface area contributed by atoms with E-state index in [-0.39, 0.29) is 34.3 Å². The third-order valence-corrected chi connectivity index (χ3v) is 8.74. The van der Waals surface area contributed by atoms with Crippen molar-refractivity contribution in [1.29, 1.82) is 0 Å². The molecule has 0 saturated carbocycles. The first-order chi connectivity index (χ1) is 17.6. The molecule has 1 amide bonds. The van der Waals surface area contributed by atoms with Crippen LogP contribution in [0.5, 0.6) is 0 Å². The maximum atomic E-state index is 13.2. The van der Waals surface area contributed by atoms with Crippen molar-refractivity contribution in [2.24, 2.45) is 0 Å². The van der Waals surface area contributed by atoms with Crippen LogP contribution in [0.3, 0.4) is 0 Å². The lowest BCUT2D eigenvalue weighted by atomic mass is 9.98. The minimum Gasteiger partial charge on any atom is -0.480 e. The highest BCUT2D eigenvalue weighted by atomic mass is 35.5. The zero-order chi connectivity index (χ0) is 26.7. The predicted octanol–water partition coefficient (Wildman–Crippen LogP) is 4.93. The molecule has 7 nitrogen and oxygen atoms in total. The zero-order valence-corrected chi connectivity index (χ0v) is 22.4. The molecule has 194 valence electrons. The van der Waals surface area contributed by atoms with Crippen LogP contribution < -0.4 is 5.32 Å². The third-order valence-electron chi connectivity index (χ3n) is 6.41. The fourth-order valence-electron chi connectivity index (χ4n) is 4.52. The molecule has 10 heteroatoms. The van der Waals surface area contributed by atoms with Gasteiger partial charge in [-0.3, -0.25) is 4.79 Å². The number of sulfonamides is 1. The van der Waals surface area contributed by atoms with Crippen molar-refractivity contribution >= 4 is 45.1 Å². The summed E-state index contributed by atoms with van der Waals surface area (Å²) in [4.78, 5) is 25.0. The molecule has 3 aromatic rings. The minimum atomic E-state index is -4.07. The molecule has 2 atom stereocenters. The summed E-state index contributed by atoms with van der Waals surface area (Å²) in [7, 11) is -4.07. The SMILES string of the molecule is Cc1ccccc1-c1ccc(C[C@H](NC(=O)[C@@H]2CCCN2S(=O)(=O)c2cc(Cl)cc(Cl)c2)C(=O)O)cc1. The van der Waals surface area contributed by atoms with Crippen LogP contribution in [0.4, 0.5) is 0 Å². The molecule has 0 spiro atoms. The summed E-state index contributed by atoms with van der Waals surface area (Å²) in [5.74, 6) is -1.86. The highest BCUT2D eigenvalue weighted by molar-refractivity contribution is 7.89. The molecule has 1 aliphatic heterocycles. The Labute approximate surface area is 226 Å². The molecule has 0 unspecified atom stereocenters. The molecule has 2 N–H and O–H groups in total. The summed E-state index contributed by atoms with van der Waals surface area (Å²) in [6.07, 6.45) is 0.791. The number of nitrogens with zero attached hydrogens (tertiary/aromatic N) is 1. The maximum Gasteiger partial charge on any atom is 0.326 e. The van der Waals surface area contributed by atoms with Gasteiger partial charge in [-0.25, -0.2) is 13.2 Å². The van der Waals surface area contributed by atoms with Crippen molar-refractivity contribution in [3.05, 3.63) is 87.9 Å². The molecule has 0 bridgehead atoms. The van der Waals surface area contributed by atoms with E-state index in [0.29, 0.717) is 6.42 Å². The van der Waals surface area contributed by atoms with Gasteiger partial charge in [-0.1, -0.05) is 71.7 Å². The molecule has 3 aromatic carbocycles. The van der Waals surface area contributed by atoms with E-state index in [2.05, 4.69) is 5.32 Å². The van der Waals surface area contributed by atoms with Crippen LogP contribution in [-0.4, -0.2) is 48.3 Å². The Bertz CT molecular complexity index is 1410. The first-order valence-corrected chi connectivity index (χ1v) is 13.9. The van der Waals surface area contributed by atoms with Gasteiger partial charge in [-0.05, 0) is 60.2 Å². The first kappa shape index (κ1) is 27.1. The number of carboxylic acid groups (broad SMARTS) is 1. The molecule has 0 radical (unpaired) electrons. The molecule has 1 fully saturated rings. The Kier molecular flexibility index (Phi) is 8.23. The van der Waals surface area contributed by atoms with Crippen molar-refractivity contribution in [3.8, 4) is 11.1 Å². The van der Waals surface area contributed by atoms with Gasteiger partial charge in [0, 0.05) is 23.0 Å². The van der Waals surface area contributed by atoms with Crippen molar-refractivity contribution in [3.63, 3.8) is 0 Å². The number of amides is 1. The smallest absolute Gasteiger partial charge is 0.326 e. The molecule has 1 saturated heterocycles. The number of hydrogen-bond acceptors (Lipinski definition) is 4. The number of hydrogen-bond donors (Lipinski definition) is 2. The molecule has 37 heavy (non-hydrogen) atoms. The Morgan fingerprint density at radius 1 is 1.05 bits per heavy atom. The topological polar surface area (TPSA) is 104 Å². The zero-order valence-electron chi connectivity index (χ0n) is 20.0. The standard InChI is InChI=1S/C27H26Cl2N2O5S/c1-17-5-2-3-6-23(17)19-10-8-18(9-11-19)13-24(27(33)34)30-26(32)25-7-4-12-31(25)37(35,36)22-15-20(28)14-21(29)16-22/h2-3,5-6,8-11,14-16,24-25H,4,7,12-13H2,1H3,(H,30,32)(H,33,34)/t24-,25-/m0/s1. The average molecular weight is 561 g/mol. The van der Waals surface area contributed by atoms with Crippen LogP contribution in [0.1, 0.15) is 24.0 Å². The van der Waals surface area contributed by atoms with E-state index in [1.165, 1.54) is 18.2 Å². The number of carboxylic acids is 1. The van der Waals surface area contributed by atoms with Crippen molar-refractivity contribution < 1.29 is 23.1 Å². The van der Waals surface area contributed by atoms with Crippen molar-refractivity contribution in [2.45, 2.75) is 43.2 Å². The Balaban J connectivity index is 1.49. The highest BCUT2D eigenvalue weighted by Crippen LogP contribution is 2.30. The van der Waals surface area contributed by atoms with Gasteiger partial charge >= 0.3 is 5.97 Å². The monoisotopic (exact) mass is 560 g/mol. The van der Waals surface area contributed by atoms with Gasteiger partial charge in [0.05, 0.1) is 4.90 Å². The van der Waals surface area contributed by atoms with E-state index in [1.807, 2.05) is 55.5 Å². The van der Waals surface area contributed by atoms with Gasteiger partial charge in [-0.2, -0.15) is 4.31 Å². The van der Waals surface area contributed by atoms with Crippen LogP contribution in [0.15, 0.2) is 71.6 Å². The molecule has 0 aliphatic carbocycles. The molecule has 4 rings (SSSR count). The number of carbonyl (C=O) groups excluding carboxylic acids is 1. The normalized spacial score (nSPS) is 16.9. The largest absolute Gasteiger partial charge is 0.480 e. The fraction of sp³-hybridized carbons (Fsp3) is 0.259. The molecule has 0 aromatic heterocycles. The van der Waals surface area contributed by atoms with Crippen LogP contribution in [0.2, 0.25) is 10.0 Å². The summed E-state index contributed by atoms with van der Waals surface area (Å²) in [6.45, 7) is 2.15. The van der Waals surface area contributed by atoms with Gasteiger partial charge in [-0.15, -0.1) is 0 Å². The van der Waals surface area contributed by atoms with Crippen molar-refractivity contribution in [2.75, 3.05) is 6.54 Å². The molecular formula is C27H26Cl2N2O5S. The number of nitrogens with one attached hydrogen (secondary N) is 1. The second-order valence-electron chi connectivity index (χ2n) is 8.99. The predicted molar refractivity (Wildman–Crippen MR) is 143 cm³/mol. The first-order valence-electron chi connectivity index (χ1n) is 11.7. The lowest BCUT2D eigenvalue weighted by Gasteiger charge is -2.25. The second kappa shape index (κ2) is 11.2. The lowest BCUT2D eigenvalue weighted by Crippen LogP contribution is -2.51. The lowest BCUT2D eigenvalue weighted by molar-refractivity contribution is -0.142. The summed E-state index contributed by atoms with van der Waals surface area (Å²) >= 11 is 12.0. The van der Waals surface area contributed by atoms with E-state index in [4.69, 9.17) is 23.2 Å². The van der Waals surface area contributed by atoms with Crippen LogP contribution >= 0.6 is 23.2 Å². The van der Waals surface area contributed by atoms with E-state index < -0.39 is 34.0 Å². The summed E-state index contributed by atoms with van der Waals surface area (Å²) in [5, 5.41) is 12.6. The highest BCUT2D eigenvalue weighted by Gasteiger charge is 2.40. The molecule has 1 aliphatic rings. The van der Waals surface area contributed by atoms with E-state index in [1.54, 1.807) is 0 Å². The average Bonchev–Trinajstić information content (AvgIpc) is 3.35. The van der Waals surface area contributed by atoms with Gasteiger partial charge in [0.15, 0.2) is 0 Å². The Morgan fingerprint density at radius 3 is 2.32 bits per heavy atom. The van der Waals surface area contributed by atoms with Gasteiger partial charge in [0.2, 0.25) is 15.9 Å². The van der Waals surface area contributed by atoms with Crippen LogP contribution in [0.25, 0.3) is 11.1 Å². The number of halogens is 2. The molecular weight excluding hydrogens is 535 g/mol. The second-order valence-corrected chi connectivity index (χ2v) is 11.8. The number of aliphatic carboxylic acids is 1. The maximum absolute atomic E-state index is 13.2. The Hall–Kier alpha value is -2.91. The van der Waals surface area contributed by atoms with Crippen LogP contribution in [0, 0.1) is 6.92 Å². The minimum absolute atomic E-state index is 0.0541. The number of aryl methyl sites for hydroxylation is 1. The summed E-state index contributed by atoms with van der Waals surface area (Å²) in [5.41, 5.74) is 3.95. The number of benzene rings is 3. The van der Waals surface area contributed by atoms with Gasteiger partial charge in [0.1, 0.15) is 12.1 Å². The summed E-state index contributed by atoms with van der Waals surface area (Å²) in [6, 6.07) is 17.2. The van der Waals surface area contributed by atoms with Gasteiger partial charge < -0.3 is 10.4 Å². The fourth-order valence-corrected chi connectivity index (χ4v) is 6.91. The van der Waals surface area contributed by atoms with Gasteiger partial charge in [0.25, 0.3) is 0 Å². The third kappa shape index (κ3) is 6.15. The Morgan fingerprint density at radius 2 is 1.70 bits per heavy atom. The quantitative estimate of drug-likeness (QED) is 0.406. The summed E-state index contributed by atoms with van der Waals surface area (Å²) < 4.78 is 27.6. The van der Waals surface area contributed by atoms with E-state index >= 15 is 0 Å². The number of rotatable bonds is 8.